The van der Waals surface area contributed by atoms with E-state index in [0.29, 0.717) is 11.1 Å². The first-order valence-electron chi connectivity index (χ1n) is 4.66. The molecule has 4 N–H and O–H groups in total. The molecule has 0 radical (unpaired) electrons. The molecule has 0 aliphatic rings. The van der Waals surface area contributed by atoms with Crippen LogP contribution in [0.2, 0.25) is 0 Å². The molecular formula is C11H15NO3. The molecule has 0 bridgehead atoms. The normalized spacial score (nSPS) is 11.4. The summed E-state index contributed by atoms with van der Waals surface area (Å²) in [7, 11) is 0. The summed E-state index contributed by atoms with van der Waals surface area (Å²) in [6.07, 6.45) is 0. The van der Waals surface area contributed by atoms with E-state index in [1.54, 1.807) is 31.2 Å². The molecule has 15 heavy (non-hydrogen) atoms. The molecule has 4 nitrogen and oxygen atoms in total. The molecule has 4 heteroatoms. The van der Waals surface area contributed by atoms with Gasteiger partial charge in [-0.1, -0.05) is 25.1 Å². The highest BCUT2D eigenvalue weighted by atomic mass is 16.3. The van der Waals surface area contributed by atoms with Crippen molar-refractivity contribution in [2.45, 2.75) is 12.3 Å². The molecule has 1 rings (SSSR count). The van der Waals surface area contributed by atoms with Gasteiger partial charge in [0.2, 0.25) is 5.91 Å². The Morgan fingerprint density at radius 2 is 1.87 bits per heavy atom. The molecule has 1 aromatic carbocycles. The first kappa shape index (κ1) is 11.7. The number of primary amides is 1. The van der Waals surface area contributed by atoms with Crippen LogP contribution in [0.5, 0.6) is 0 Å². The van der Waals surface area contributed by atoms with Gasteiger partial charge in [-0.25, -0.2) is 0 Å². The van der Waals surface area contributed by atoms with E-state index in [2.05, 4.69) is 0 Å². The van der Waals surface area contributed by atoms with E-state index < -0.39 is 11.3 Å². The summed E-state index contributed by atoms with van der Waals surface area (Å²) in [4.78, 5) is 11.2. The van der Waals surface area contributed by atoms with Crippen LogP contribution in [0.1, 0.15) is 22.8 Å². The Kier molecular flexibility index (Phi) is 3.44. The van der Waals surface area contributed by atoms with Crippen LogP contribution in [-0.2, 0) is 5.41 Å². The Labute approximate surface area is 88.3 Å². The van der Waals surface area contributed by atoms with Crippen LogP contribution in [-0.4, -0.2) is 29.3 Å². The molecule has 0 unspecified atom stereocenters. The Morgan fingerprint density at radius 1 is 1.33 bits per heavy atom. The lowest BCUT2D eigenvalue weighted by atomic mass is 9.81. The number of carbonyl (C=O) groups excluding carboxylic acids is 1. The Morgan fingerprint density at radius 3 is 2.33 bits per heavy atom. The number of nitrogens with two attached hydrogens (primary N) is 1. The van der Waals surface area contributed by atoms with Gasteiger partial charge < -0.3 is 15.9 Å². The smallest absolute Gasteiger partial charge is 0.249 e. The number of aliphatic hydroxyl groups is 2. The number of carbonyl (C=O) groups is 1. The summed E-state index contributed by atoms with van der Waals surface area (Å²) in [6, 6.07) is 6.71. The van der Waals surface area contributed by atoms with Gasteiger partial charge in [-0.2, -0.15) is 0 Å². The van der Waals surface area contributed by atoms with Gasteiger partial charge in [0.25, 0.3) is 0 Å². The molecule has 0 atom stereocenters. The van der Waals surface area contributed by atoms with Gasteiger partial charge in [0, 0.05) is 11.0 Å². The highest BCUT2D eigenvalue weighted by Gasteiger charge is 2.28. The number of benzene rings is 1. The summed E-state index contributed by atoms with van der Waals surface area (Å²) in [5.41, 5.74) is 5.28. The Balaban J connectivity index is 3.29. The third-order valence-electron chi connectivity index (χ3n) is 2.54. The number of amides is 1. The van der Waals surface area contributed by atoms with Gasteiger partial charge in [0.1, 0.15) is 0 Å². The van der Waals surface area contributed by atoms with Crippen LogP contribution in [0.25, 0.3) is 0 Å². The summed E-state index contributed by atoms with van der Waals surface area (Å²) in [5.74, 6) is -0.557. The molecule has 0 heterocycles. The van der Waals surface area contributed by atoms with Crippen molar-refractivity contribution < 1.29 is 15.0 Å². The first-order valence-corrected chi connectivity index (χ1v) is 4.66. The predicted octanol–water partition coefficient (Wildman–Crippen LogP) is 0.0278. The average molecular weight is 209 g/mol. The van der Waals surface area contributed by atoms with Gasteiger partial charge in [0.15, 0.2) is 0 Å². The second kappa shape index (κ2) is 4.42. The van der Waals surface area contributed by atoms with Crippen molar-refractivity contribution in [3.05, 3.63) is 35.4 Å². The quantitative estimate of drug-likeness (QED) is 0.654. The third kappa shape index (κ3) is 2.16. The minimum atomic E-state index is -0.842. The molecule has 0 aliphatic carbocycles. The van der Waals surface area contributed by atoms with Gasteiger partial charge >= 0.3 is 0 Å². The zero-order valence-electron chi connectivity index (χ0n) is 8.60. The number of rotatable bonds is 4. The monoisotopic (exact) mass is 209 g/mol. The zero-order chi connectivity index (χ0) is 11.5. The molecule has 0 aliphatic heterocycles. The Hall–Kier alpha value is -1.39. The molecule has 1 aromatic rings. The van der Waals surface area contributed by atoms with E-state index in [9.17, 15) is 15.0 Å². The molecule has 0 saturated carbocycles. The second-order valence-electron chi connectivity index (χ2n) is 3.79. The number of aliphatic hydroxyl groups excluding tert-OH is 2. The molecule has 0 aromatic heterocycles. The fraction of sp³-hybridized carbons (Fsp3) is 0.364. The van der Waals surface area contributed by atoms with Crippen molar-refractivity contribution in [1.82, 2.24) is 0 Å². The van der Waals surface area contributed by atoms with E-state index in [1.807, 2.05) is 0 Å². The van der Waals surface area contributed by atoms with Crippen LogP contribution < -0.4 is 5.73 Å². The van der Waals surface area contributed by atoms with Crippen molar-refractivity contribution in [2.75, 3.05) is 13.2 Å². The largest absolute Gasteiger partial charge is 0.395 e. The maximum atomic E-state index is 11.2. The standard InChI is InChI=1S/C11H15NO3/c1-11(6-13,7-14)9-5-3-2-4-8(9)10(12)15/h2-5,13-14H,6-7H2,1H3,(H2,12,15). The van der Waals surface area contributed by atoms with Crippen molar-refractivity contribution >= 4 is 5.91 Å². The van der Waals surface area contributed by atoms with E-state index in [1.165, 1.54) is 0 Å². The lowest BCUT2D eigenvalue weighted by molar-refractivity contribution is 0.0989. The fourth-order valence-electron chi connectivity index (χ4n) is 1.44. The van der Waals surface area contributed by atoms with Crippen molar-refractivity contribution in [3.8, 4) is 0 Å². The molecular weight excluding hydrogens is 194 g/mol. The minimum absolute atomic E-state index is 0.242. The van der Waals surface area contributed by atoms with E-state index in [0.717, 1.165) is 0 Å². The number of hydrogen-bond donors (Lipinski definition) is 3. The van der Waals surface area contributed by atoms with Gasteiger partial charge in [-0.05, 0) is 11.6 Å². The van der Waals surface area contributed by atoms with Crippen LogP contribution >= 0.6 is 0 Å². The second-order valence-corrected chi connectivity index (χ2v) is 3.79. The average Bonchev–Trinajstić information content (AvgIpc) is 2.28. The summed E-state index contributed by atoms with van der Waals surface area (Å²) >= 11 is 0. The van der Waals surface area contributed by atoms with Crippen molar-refractivity contribution in [2.24, 2.45) is 5.73 Å². The summed E-state index contributed by atoms with van der Waals surface area (Å²) in [6.45, 7) is 1.19. The summed E-state index contributed by atoms with van der Waals surface area (Å²) in [5, 5.41) is 18.5. The lowest BCUT2D eigenvalue weighted by Crippen LogP contribution is -2.33. The zero-order valence-corrected chi connectivity index (χ0v) is 8.60. The van der Waals surface area contributed by atoms with Crippen molar-refractivity contribution in [3.63, 3.8) is 0 Å². The highest BCUT2D eigenvalue weighted by Crippen LogP contribution is 2.25. The predicted molar refractivity (Wildman–Crippen MR) is 56.5 cm³/mol. The fourth-order valence-corrected chi connectivity index (χ4v) is 1.44. The van der Waals surface area contributed by atoms with E-state index >= 15 is 0 Å². The maximum Gasteiger partial charge on any atom is 0.249 e. The van der Waals surface area contributed by atoms with Crippen molar-refractivity contribution in [1.29, 1.82) is 0 Å². The first-order chi connectivity index (χ1) is 7.05. The SMILES string of the molecule is CC(CO)(CO)c1ccccc1C(N)=O. The molecule has 0 fully saturated rings. The lowest BCUT2D eigenvalue weighted by Gasteiger charge is -2.26. The maximum absolute atomic E-state index is 11.2. The summed E-state index contributed by atoms with van der Waals surface area (Å²) < 4.78 is 0. The topological polar surface area (TPSA) is 83.6 Å². The van der Waals surface area contributed by atoms with Gasteiger partial charge in [-0.15, -0.1) is 0 Å². The Bertz CT molecular complexity index is 359. The third-order valence-corrected chi connectivity index (χ3v) is 2.54. The molecule has 82 valence electrons. The van der Waals surface area contributed by atoms with Crippen LogP contribution in [0.3, 0.4) is 0 Å². The molecule has 0 spiro atoms. The van der Waals surface area contributed by atoms with E-state index in [-0.39, 0.29) is 13.2 Å². The molecule has 1 amide bonds. The minimum Gasteiger partial charge on any atom is -0.395 e. The van der Waals surface area contributed by atoms with Crippen LogP contribution in [0, 0.1) is 0 Å². The van der Waals surface area contributed by atoms with E-state index in [4.69, 9.17) is 5.73 Å². The van der Waals surface area contributed by atoms with Gasteiger partial charge in [-0.3, -0.25) is 4.79 Å². The van der Waals surface area contributed by atoms with Crippen LogP contribution in [0.4, 0.5) is 0 Å². The number of hydrogen-bond acceptors (Lipinski definition) is 3. The molecule has 0 saturated heterocycles. The highest BCUT2D eigenvalue weighted by molar-refractivity contribution is 5.94. The van der Waals surface area contributed by atoms with Gasteiger partial charge in [0.05, 0.1) is 13.2 Å². The van der Waals surface area contributed by atoms with Crippen LogP contribution in [0.15, 0.2) is 24.3 Å².